The standard InChI is InChI=1S/C10H13F3N4O2/c1-3-6-7(17(18)19)8(16(2)15-6)14-9(4-5-9)10(11,12)13/h14H,3-5H2,1-2H3. The molecule has 106 valence electrons. The Bertz CT molecular complexity index is 520. The molecule has 6 nitrogen and oxygen atoms in total. The van der Waals surface area contributed by atoms with Gasteiger partial charge in [0.15, 0.2) is 0 Å². The van der Waals surface area contributed by atoms with Gasteiger partial charge >= 0.3 is 11.9 Å². The van der Waals surface area contributed by atoms with E-state index in [-0.39, 0.29) is 36.5 Å². The van der Waals surface area contributed by atoms with E-state index in [9.17, 15) is 23.3 Å². The molecular weight excluding hydrogens is 265 g/mol. The van der Waals surface area contributed by atoms with Crippen LogP contribution in [0, 0.1) is 10.1 Å². The van der Waals surface area contributed by atoms with Crippen LogP contribution in [-0.4, -0.2) is 26.4 Å². The monoisotopic (exact) mass is 278 g/mol. The molecule has 19 heavy (non-hydrogen) atoms. The number of aryl methyl sites for hydroxylation is 2. The van der Waals surface area contributed by atoms with Crippen LogP contribution >= 0.6 is 0 Å². The normalized spacial score (nSPS) is 17.3. The first-order chi connectivity index (χ1) is 8.72. The van der Waals surface area contributed by atoms with E-state index in [2.05, 4.69) is 10.4 Å². The quantitative estimate of drug-likeness (QED) is 0.678. The summed E-state index contributed by atoms with van der Waals surface area (Å²) >= 11 is 0. The average Bonchev–Trinajstić information content (AvgIpc) is 2.99. The molecule has 0 aliphatic heterocycles. The highest BCUT2D eigenvalue weighted by atomic mass is 19.4. The number of nitrogens with one attached hydrogen (secondary N) is 1. The van der Waals surface area contributed by atoms with Crippen LogP contribution in [0.1, 0.15) is 25.5 Å². The second-order valence-corrected chi connectivity index (χ2v) is 4.58. The van der Waals surface area contributed by atoms with Crippen LogP contribution in [0.4, 0.5) is 24.7 Å². The minimum atomic E-state index is -4.43. The van der Waals surface area contributed by atoms with Crippen LogP contribution in [0.15, 0.2) is 0 Å². The Balaban J connectivity index is 2.41. The summed E-state index contributed by atoms with van der Waals surface area (Å²) in [4.78, 5) is 10.3. The Labute approximate surface area is 106 Å². The Hall–Kier alpha value is -1.80. The van der Waals surface area contributed by atoms with Gasteiger partial charge in [0.25, 0.3) is 0 Å². The van der Waals surface area contributed by atoms with E-state index < -0.39 is 16.6 Å². The van der Waals surface area contributed by atoms with E-state index >= 15 is 0 Å². The number of halogens is 3. The highest BCUT2D eigenvalue weighted by Crippen LogP contribution is 2.52. The van der Waals surface area contributed by atoms with Gasteiger partial charge in [-0.1, -0.05) is 6.92 Å². The molecule has 1 aliphatic rings. The van der Waals surface area contributed by atoms with E-state index in [1.54, 1.807) is 6.92 Å². The fraction of sp³-hybridized carbons (Fsp3) is 0.700. The molecular formula is C10H13F3N4O2. The molecule has 1 aromatic heterocycles. The molecule has 1 N–H and O–H groups in total. The predicted octanol–water partition coefficient (Wildman–Crippen LogP) is 2.40. The summed E-state index contributed by atoms with van der Waals surface area (Å²) in [5, 5.41) is 17.2. The van der Waals surface area contributed by atoms with E-state index in [1.165, 1.54) is 7.05 Å². The van der Waals surface area contributed by atoms with Crippen LogP contribution in [0.3, 0.4) is 0 Å². The maximum absolute atomic E-state index is 12.9. The highest BCUT2D eigenvalue weighted by Gasteiger charge is 2.64. The Morgan fingerprint density at radius 3 is 2.47 bits per heavy atom. The minimum absolute atomic E-state index is 0.0830. The van der Waals surface area contributed by atoms with E-state index in [0.717, 1.165) is 4.68 Å². The van der Waals surface area contributed by atoms with Gasteiger partial charge in [-0.3, -0.25) is 10.1 Å². The molecule has 1 aromatic rings. The first kappa shape index (κ1) is 13.6. The number of hydrogen-bond donors (Lipinski definition) is 1. The topological polar surface area (TPSA) is 73.0 Å². The van der Waals surface area contributed by atoms with Gasteiger partial charge in [0.1, 0.15) is 11.2 Å². The smallest absolute Gasteiger partial charge is 0.351 e. The summed E-state index contributed by atoms with van der Waals surface area (Å²) in [6.45, 7) is 1.66. The molecule has 0 saturated heterocycles. The molecule has 0 amide bonds. The van der Waals surface area contributed by atoms with E-state index in [1.807, 2.05) is 0 Å². The van der Waals surface area contributed by atoms with Gasteiger partial charge in [-0.2, -0.15) is 18.3 Å². The fourth-order valence-corrected chi connectivity index (χ4v) is 1.97. The molecule has 0 aromatic carbocycles. The average molecular weight is 278 g/mol. The Kier molecular flexibility index (Phi) is 2.94. The zero-order valence-corrected chi connectivity index (χ0v) is 10.4. The predicted molar refractivity (Wildman–Crippen MR) is 60.9 cm³/mol. The molecule has 2 rings (SSSR count). The minimum Gasteiger partial charge on any atom is -0.351 e. The Morgan fingerprint density at radius 2 is 2.11 bits per heavy atom. The van der Waals surface area contributed by atoms with Crippen LogP contribution in [-0.2, 0) is 13.5 Å². The molecule has 1 heterocycles. The Morgan fingerprint density at radius 1 is 1.53 bits per heavy atom. The number of anilines is 1. The van der Waals surface area contributed by atoms with Crippen LogP contribution in [0.25, 0.3) is 0 Å². The zero-order chi connectivity index (χ0) is 14.4. The summed E-state index contributed by atoms with van der Waals surface area (Å²) in [6.07, 6.45) is -4.32. The third kappa shape index (κ3) is 2.13. The van der Waals surface area contributed by atoms with Crippen LogP contribution in [0.5, 0.6) is 0 Å². The molecule has 0 radical (unpaired) electrons. The lowest BCUT2D eigenvalue weighted by molar-refractivity contribution is -0.384. The summed E-state index contributed by atoms with van der Waals surface area (Å²) in [5.41, 5.74) is -2.25. The molecule has 1 saturated carbocycles. The number of aromatic nitrogens is 2. The number of hydrogen-bond acceptors (Lipinski definition) is 4. The molecule has 0 unspecified atom stereocenters. The second-order valence-electron chi connectivity index (χ2n) is 4.58. The molecule has 0 spiro atoms. The van der Waals surface area contributed by atoms with Gasteiger partial charge in [-0.15, -0.1) is 0 Å². The van der Waals surface area contributed by atoms with Crippen LogP contribution in [0.2, 0.25) is 0 Å². The summed E-state index contributed by atoms with van der Waals surface area (Å²) in [5.74, 6) is -0.184. The molecule has 9 heteroatoms. The number of alkyl halides is 3. The maximum atomic E-state index is 12.9. The van der Waals surface area contributed by atoms with Crippen molar-refractivity contribution < 1.29 is 18.1 Å². The second kappa shape index (κ2) is 4.10. The van der Waals surface area contributed by atoms with Gasteiger partial charge < -0.3 is 5.32 Å². The van der Waals surface area contributed by atoms with Gasteiger partial charge in [0.2, 0.25) is 5.82 Å². The van der Waals surface area contributed by atoms with Gasteiger partial charge in [0.05, 0.1) is 4.92 Å². The van der Waals surface area contributed by atoms with Crippen molar-refractivity contribution in [2.45, 2.75) is 37.9 Å². The van der Waals surface area contributed by atoms with Gasteiger partial charge in [0, 0.05) is 7.05 Å². The van der Waals surface area contributed by atoms with Crippen molar-refractivity contribution in [3.63, 3.8) is 0 Å². The third-order valence-electron chi connectivity index (χ3n) is 3.26. The maximum Gasteiger partial charge on any atom is 0.411 e. The van der Waals surface area contributed by atoms with Gasteiger partial charge in [-0.05, 0) is 19.3 Å². The zero-order valence-electron chi connectivity index (χ0n) is 10.4. The van der Waals surface area contributed by atoms with Gasteiger partial charge in [-0.25, -0.2) is 4.68 Å². The van der Waals surface area contributed by atoms with Crippen molar-refractivity contribution in [3.05, 3.63) is 15.8 Å². The number of nitrogens with zero attached hydrogens (tertiary/aromatic N) is 3. The summed E-state index contributed by atoms with van der Waals surface area (Å²) < 4.78 is 39.7. The molecule has 1 aliphatic carbocycles. The third-order valence-corrected chi connectivity index (χ3v) is 3.26. The molecule has 0 atom stereocenters. The van der Waals surface area contributed by atoms with Crippen molar-refractivity contribution >= 4 is 11.5 Å². The lowest BCUT2D eigenvalue weighted by atomic mass is 10.2. The molecule has 1 fully saturated rings. The van der Waals surface area contributed by atoms with Crippen molar-refractivity contribution in [1.29, 1.82) is 0 Å². The van der Waals surface area contributed by atoms with Crippen LogP contribution < -0.4 is 5.32 Å². The summed E-state index contributed by atoms with van der Waals surface area (Å²) in [6, 6.07) is 0. The van der Waals surface area contributed by atoms with E-state index in [0.29, 0.717) is 0 Å². The van der Waals surface area contributed by atoms with Crippen molar-refractivity contribution in [2.24, 2.45) is 7.05 Å². The fourth-order valence-electron chi connectivity index (χ4n) is 1.97. The van der Waals surface area contributed by atoms with Crippen molar-refractivity contribution in [1.82, 2.24) is 9.78 Å². The highest BCUT2D eigenvalue weighted by molar-refractivity contribution is 5.62. The van der Waals surface area contributed by atoms with Crippen molar-refractivity contribution in [2.75, 3.05) is 5.32 Å². The lowest BCUT2D eigenvalue weighted by Crippen LogP contribution is -2.39. The first-order valence-corrected chi connectivity index (χ1v) is 5.77. The molecule has 0 bridgehead atoms. The van der Waals surface area contributed by atoms with E-state index in [4.69, 9.17) is 0 Å². The lowest BCUT2D eigenvalue weighted by Gasteiger charge is -2.21. The SMILES string of the molecule is CCc1nn(C)c(NC2(C(F)(F)F)CC2)c1[N+](=O)[O-]. The summed E-state index contributed by atoms with van der Waals surface area (Å²) in [7, 11) is 1.39. The largest absolute Gasteiger partial charge is 0.411 e. The number of rotatable bonds is 4. The van der Waals surface area contributed by atoms with Crippen molar-refractivity contribution in [3.8, 4) is 0 Å². The number of nitro groups is 1. The first-order valence-electron chi connectivity index (χ1n) is 5.77.